The quantitative estimate of drug-likeness (QED) is 0.607. The molecule has 2 heterocycles. The Kier molecular flexibility index (Phi) is 7.92. The first-order valence-electron chi connectivity index (χ1n) is 11.0. The molecule has 0 atom stereocenters. The highest BCUT2D eigenvalue weighted by Gasteiger charge is 2.41. The molecule has 174 valence electrons. The van der Waals surface area contributed by atoms with Crippen LogP contribution in [0.1, 0.15) is 45.6 Å². The van der Waals surface area contributed by atoms with E-state index in [-0.39, 0.29) is 11.5 Å². The average Bonchev–Trinajstić information content (AvgIpc) is 2.75. The summed E-state index contributed by atoms with van der Waals surface area (Å²) in [5.74, 6) is 6.21. The summed E-state index contributed by atoms with van der Waals surface area (Å²) >= 11 is 6.01. The van der Waals surface area contributed by atoms with Crippen molar-refractivity contribution < 1.29 is 17.9 Å². The van der Waals surface area contributed by atoms with Crippen LogP contribution in [0.3, 0.4) is 0 Å². The number of carbonyl (C=O) groups is 1. The van der Waals surface area contributed by atoms with E-state index in [2.05, 4.69) is 25.7 Å². The zero-order valence-electron chi connectivity index (χ0n) is 18.9. The van der Waals surface area contributed by atoms with Crippen molar-refractivity contribution in [2.24, 2.45) is 5.41 Å². The molecule has 3 rings (SSSR count). The molecule has 0 aromatic heterocycles. The first-order chi connectivity index (χ1) is 15.1. The third-order valence-corrected chi connectivity index (χ3v) is 8.69. The molecule has 2 fully saturated rings. The zero-order chi connectivity index (χ0) is 23.4. The van der Waals surface area contributed by atoms with Crippen LogP contribution in [0.15, 0.2) is 35.9 Å². The number of rotatable bonds is 3. The number of sulfonamides is 1. The van der Waals surface area contributed by atoms with Crippen molar-refractivity contribution in [1.29, 1.82) is 0 Å². The summed E-state index contributed by atoms with van der Waals surface area (Å²) in [7, 11) is -3.43. The first-order valence-corrected chi connectivity index (χ1v) is 12.9. The number of hydrogen-bond acceptors (Lipinski definition) is 4. The third-order valence-electron chi connectivity index (χ3n) is 6.11. The van der Waals surface area contributed by atoms with Gasteiger partial charge in [-0.05, 0) is 50.5 Å². The second-order valence-electron chi connectivity index (χ2n) is 8.85. The molecule has 1 amide bonds. The normalized spacial score (nSPS) is 21.1. The number of nitrogens with zero attached hydrogens (tertiary/aromatic N) is 2. The molecule has 32 heavy (non-hydrogen) atoms. The SMILES string of the molecule is CCOC(=O)N1CCC(S(=O)(=O)N2CC/C(=C\C#Cc3cccc(Cl)c3)C(C)(C)C2)CC1. The van der Waals surface area contributed by atoms with Crippen LogP contribution >= 0.6 is 11.6 Å². The van der Waals surface area contributed by atoms with Crippen LogP contribution < -0.4 is 0 Å². The van der Waals surface area contributed by atoms with E-state index in [9.17, 15) is 13.2 Å². The number of likely N-dealkylation sites (tertiary alicyclic amines) is 1. The van der Waals surface area contributed by atoms with E-state index in [1.807, 2.05) is 30.3 Å². The van der Waals surface area contributed by atoms with E-state index in [1.54, 1.807) is 16.1 Å². The van der Waals surface area contributed by atoms with Crippen molar-refractivity contribution in [2.75, 3.05) is 32.8 Å². The Labute approximate surface area is 196 Å². The van der Waals surface area contributed by atoms with Gasteiger partial charge in [0, 0.05) is 42.2 Å². The summed E-state index contributed by atoms with van der Waals surface area (Å²) in [5.41, 5.74) is 1.69. The van der Waals surface area contributed by atoms with Gasteiger partial charge < -0.3 is 9.64 Å². The fraction of sp³-hybridized carbons (Fsp3) is 0.542. The molecule has 0 spiro atoms. The van der Waals surface area contributed by atoms with Gasteiger partial charge in [0.15, 0.2) is 0 Å². The first kappa shape index (κ1) is 24.6. The minimum Gasteiger partial charge on any atom is -0.450 e. The molecule has 0 N–H and O–H groups in total. The topological polar surface area (TPSA) is 66.9 Å². The lowest BCUT2D eigenvalue weighted by Gasteiger charge is -2.41. The number of hydrogen-bond donors (Lipinski definition) is 0. The Hall–Kier alpha value is -2.01. The maximum Gasteiger partial charge on any atom is 0.409 e. The van der Waals surface area contributed by atoms with E-state index in [0.717, 1.165) is 11.1 Å². The minimum absolute atomic E-state index is 0.306. The molecule has 8 heteroatoms. The Morgan fingerprint density at radius 2 is 2.00 bits per heavy atom. The molecular formula is C24H31ClN2O4S. The van der Waals surface area contributed by atoms with Crippen LogP contribution in [-0.2, 0) is 14.8 Å². The molecule has 0 bridgehead atoms. The summed E-state index contributed by atoms with van der Waals surface area (Å²) < 4.78 is 33.3. The smallest absolute Gasteiger partial charge is 0.409 e. The summed E-state index contributed by atoms with van der Waals surface area (Å²) in [4.78, 5) is 13.5. The van der Waals surface area contributed by atoms with Crippen LogP contribution in [0.4, 0.5) is 4.79 Å². The van der Waals surface area contributed by atoms with E-state index in [4.69, 9.17) is 16.3 Å². The Morgan fingerprint density at radius 3 is 2.62 bits per heavy atom. The lowest BCUT2D eigenvalue weighted by molar-refractivity contribution is 0.0996. The highest BCUT2D eigenvalue weighted by Crippen LogP contribution is 2.36. The van der Waals surface area contributed by atoms with Crippen LogP contribution in [0.25, 0.3) is 0 Å². The van der Waals surface area contributed by atoms with Crippen LogP contribution in [0, 0.1) is 17.3 Å². The summed E-state index contributed by atoms with van der Waals surface area (Å²) in [6, 6.07) is 7.40. The number of ether oxygens (including phenoxy) is 1. The van der Waals surface area contributed by atoms with Crippen molar-refractivity contribution in [3.8, 4) is 11.8 Å². The van der Waals surface area contributed by atoms with E-state index in [1.165, 1.54) is 0 Å². The second kappa shape index (κ2) is 10.3. The third kappa shape index (κ3) is 5.86. The largest absolute Gasteiger partial charge is 0.450 e. The number of benzene rings is 1. The number of carbonyl (C=O) groups excluding carboxylic acids is 1. The van der Waals surface area contributed by atoms with Gasteiger partial charge in [-0.1, -0.05) is 48.9 Å². The molecule has 1 aromatic carbocycles. The van der Waals surface area contributed by atoms with Gasteiger partial charge in [-0.15, -0.1) is 0 Å². The van der Waals surface area contributed by atoms with Crippen molar-refractivity contribution in [1.82, 2.24) is 9.21 Å². The monoisotopic (exact) mass is 478 g/mol. The number of halogens is 1. The van der Waals surface area contributed by atoms with E-state index >= 15 is 0 Å². The number of allylic oxidation sites excluding steroid dienone is 1. The molecule has 2 aliphatic heterocycles. The summed E-state index contributed by atoms with van der Waals surface area (Å²) in [6.07, 6.45) is 3.08. The summed E-state index contributed by atoms with van der Waals surface area (Å²) in [6.45, 7) is 7.90. The predicted octanol–water partition coefficient (Wildman–Crippen LogP) is 4.30. The second-order valence-corrected chi connectivity index (χ2v) is 11.5. The van der Waals surface area contributed by atoms with Crippen molar-refractivity contribution in [3.63, 3.8) is 0 Å². The molecule has 2 saturated heterocycles. The molecular weight excluding hydrogens is 448 g/mol. The molecule has 0 aliphatic carbocycles. The highest BCUT2D eigenvalue weighted by atomic mass is 35.5. The van der Waals surface area contributed by atoms with Gasteiger partial charge in [0.25, 0.3) is 0 Å². The van der Waals surface area contributed by atoms with E-state index in [0.29, 0.717) is 57.1 Å². The minimum atomic E-state index is -3.43. The molecule has 6 nitrogen and oxygen atoms in total. The molecule has 1 aromatic rings. The maximum atomic E-state index is 13.3. The lowest BCUT2D eigenvalue weighted by Crippen LogP contribution is -2.51. The van der Waals surface area contributed by atoms with Gasteiger partial charge >= 0.3 is 6.09 Å². The molecule has 0 unspecified atom stereocenters. The Bertz CT molecular complexity index is 1030. The van der Waals surface area contributed by atoms with Crippen molar-refractivity contribution in [2.45, 2.75) is 45.3 Å². The zero-order valence-corrected chi connectivity index (χ0v) is 20.5. The van der Waals surface area contributed by atoms with Crippen molar-refractivity contribution >= 4 is 27.7 Å². The highest BCUT2D eigenvalue weighted by molar-refractivity contribution is 7.89. The maximum absolute atomic E-state index is 13.3. The van der Waals surface area contributed by atoms with Crippen LogP contribution in [0.2, 0.25) is 5.02 Å². The van der Waals surface area contributed by atoms with Gasteiger partial charge in [0.2, 0.25) is 10.0 Å². The van der Waals surface area contributed by atoms with Gasteiger partial charge in [-0.25, -0.2) is 17.5 Å². The Balaban J connectivity index is 1.64. The van der Waals surface area contributed by atoms with Crippen molar-refractivity contribution in [3.05, 3.63) is 46.5 Å². The van der Waals surface area contributed by atoms with Gasteiger partial charge in [0.1, 0.15) is 0 Å². The average molecular weight is 479 g/mol. The fourth-order valence-corrected chi connectivity index (χ4v) is 6.49. The number of piperidine rings is 2. The molecule has 0 saturated carbocycles. The fourth-order valence-electron chi connectivity index (χ4n) is 4.22. The van der Waals surface area contributed by atoms with Gasteiger partial charge in [-0.3, -0.25) is 0 Å². The molecule has 0 radical (unpaired) electrons. The van der Waals surface area contributed by atoms with Crippen LogP contribution in [0.5, 0.6) is 0 Å². The van der Waals surface area contributed by atoms with Crippen LogP contribution in [-0.4, -0.2) is 61.8 Å². The Morgan fingerprint density at radius 1 is 1.28 bits per heavy atom. The predicted molar refractivity (Wildman–Crippen MR) is 127 cm³/mol. The van der Waals surface area contributed by atoms with Gasteiger partial charge in [-0.2, -0.15) is 0 Å². The standard InChI is InChI=1S/C24H31ClN2O4S/c1-4-31-23(28)26-14-12-22(13-15-26)32(29,30)27-16-11-20(24(2,3)18-27)9-5-7-19-8-6-10-21(25)17-19/h6,8-10,17,22H,4,11-16,18H2,1-3H3/b20-9+. The number of amides is 1. The van der Waals surface area contributed by atoms with E-state index < -0.39 is 15.3 Å². The lowest BCUT2D eigenvalue weighted by atomic mass is 9.79. The van der Waals surface area contributed by atoms with Gasteiger partial charge in [0.05, 0.1) is 11.9 Å². The molecule has 2 aliphatic rings. The summed E-state index contributed by atoms with van der Waals surface area (Å²) in [5, 5.41) is 0.188.